The van der Waals surface area contributed by atoms with Crippen molar-refractivity contribution >= 4 is 39.5 Å². The number of hydrogen-bond acceptors (Lipinski definition) is 15. The maximum absolute atomic E-state index is 13.0. The summed E-state index contributed by atoms with van der Waals surface area (Å²) in [5.74, 6) is 0.922. The largest absolute Gasteiger partial charge is 0.472 e. The minimum Gasteiger partial charge on any atom is -0.462 e. The van der Waals surface area contributed by atoms with Crippen molar-refractivity contribution in [1.29, 1.82) is 0 Å². The maximum atomic E-state index is 13.0. The fraction of sp³-hybridized carbons (Fsp3) is 0.946. The van der Waals surface area contributed by atoms with Gasteiger partial charge < -0.3 is 33.8 Å². The molecule has 0 aliphatic heterocycles. The monoisotopic (exact) mass is 1370 g/mol. The molecule has 0 aromatic heterocycles. The summed E-state index contributed by atoms with van der Waals surface area (Å²) >= 11 is 0. The third-order valence-electron chi connectivity index (χ3n) is 17.8. The van der Waals surface area contributed by atoms with Crippen molar-refractivity contribution in [2.75, 3.05) is 39.6 Å². The zero-order valence-corrected chi connectivity index (χ0v) is 62.7. The number of hydrogen-bond donors (Lipinski definition) is 3. The highest BCUT2D eigenvalue weighted by molar-refractivity contribution is 7.47. The number of ether oxygens (including phenoxy) is 4. The Kier molecular flexibility index (Phi) is 62.2. The van der Waals surface area contributed by atoms with E-state index >= 15 is 0 Å². The average Bonchev–Trinajstić information content (AvgIpc) is 3.50. The van der Waals surface area contributed by atoms with Crippen LogP contribution in [0.25, 0.3) is 0 Å². The van der Waals surface area contributed by atoms with Gasteiger partial charge in [0, 0.05) is 25.7 Å². The van der Waals surface area contributed by atoms with Crippen LogP contribution in [0, 0.1) is 23.7 Å². The minimum absolute atomic E-state index is 0.105. The third-order valence-corrected chi connectivity index (χ3v) is 19.7. The molecule has 0 amide bonds. The first kappa shape index (κ1) is 91.1. The van der Waals surface area contributed by atoms with Crippen LogP contribution in [0.4, 0.5) is 0 Å². The molecule has 19 heteroatoms. The highest BCUT2D eigenvalue weighted by Gasteiger charge is 2.30. The Hall–Kier alpha value is -1.94. The first-order chi connectivity index (χ1) is 44.7. The smallest absolute Gasteiger partial charge is 0.462 e. The molecule has 7 atom stereocenters. The standard InChI is InChI=1S/C74H144O17P2/c1-9-66(7)52-44-36-28-22-19-20-24-30-41-49-57-74(79)90-69(60-84-71(76)54-46-38-31-25-27-35-43-51-65(5)6)62-88-92(80,81)86-58-68(75)59-87-93(82,83)89-63-70(61-85-72(77)55-47-39-33-32-37-45-53-67(8)10-2)91-73(78)56-48-40-29-23-18-16-14-12-11-13-15-17-21-26-34-42-50-64(3)4/h64-70,75H,9-63H2,1-8H3,(H,80,81)(H,82,83)/t66?,67?,68-,69-,70-/m1/s1. The molecule has 17 nitrogen and oxygen atoms in total. The van der Waals surface area contributed by atoms with Gasteiger partial charge in [0.25, 0.3) is 0 Å². The minimum atomic E-state index is -4.96. The lowest BCUT2D eigenvalue weighted by atomic mass is 9.99. The van der Waals surface area contributed by atoms with Gasteiger partial charge in [0.15, 0.2) is 12.2 Å². The number of rotatable bonds is 71. The van der Waals surface area contributed by atoms with Crippen molar-refractivity contribution in [3.05, 3.63) is 0 Å². The molecule has 0 aromatic rings. The summed E-state index contributed by atoms with van der Waals surface area (Å²) in [6.45, 7) is 14.1. The van der Waals surface area contributed by atoms with E-state index in [1.165, 1.54) is 161 Å². The molecule has 0 heterocycles. The van der Waals surface area contributed by atoms with E-state index < -0.39 is 97.5 Å². The van der Waals surface area contributed by atoms with Gasteiger partial charge in [0.1, 0.15) is 19.3 Å². The van der Waals surface area contributed by atoms with E-state index in [9.17, 15) is 43.2 Å². The Morgan fingerprint density at radius 3 is 0.763 bits per heavy atom. The molecule has 0 saturated heterocycles. The van der Waals surface area contributed by atoms with E-state index in [0.29, 0.717) is 31.6 Å². The molecule has 93 heavy (non-hydrogen) atoms. The average molecular weight is 1370 g/mol. The number of aliphatic hydroxyl groups excluding tert-OH is 1. The molecule has 3 N–H and O–H groups in total. The molecule has 0 rings (SSSR count). The van der Waals surface area contributed by atoms with Crippen molar-refractivity contribution in [3.63, 3.8) is 0 Å². The summed E-state index contributed by atoms with van der Waals surface area (Å²) in [5.41, 5.74) is 0. The first-order valence-electron chi connectivity index (χ1n) is 38.3. The molecular weight excluding hydrogens is 1220 g/mol. The first-order valence-corrected chi connectivity index (χ1v) is 41.3. The number of phosphoric ester groups is 2. The predicted octanol–water partition coefficient (Wildman–Crippen LogP) is 21.3. The zero-order chi connectivity index (χ0) is 68.9. The number of esters is 4. The van der Waals surface area contributed by atoms with Crippen LogP contribution < -0.4 is 0 Å². The molecule has 4 unspecified atom stereocenters. The molecule has 0 radical (unpaired) electrons. The van der Waals surface area contributed by atoms with Crippen LogP contribution in [0.1, 0.15) is 370 Å². The van der Waals surface area contributed by atoms with Gasteiger partial charge in [-0.05, 0) is 49.4 Å². The van der Waals surface area contributed by atoms with Crippen molar-refractivity contribution in [2.24, 2.45) is 23.7 Å². The van der Waals surface area contributed by atoms with E-state index in [2.05, 4.69) is 55.4 Å². The van der Waals surface area contributed by atoms with Crippen molar-refractivity contribution in [3.8, 4) is 0 Å². The molecule has 0 bridgehead atoms. The van der Waals surface area contributed by atoms with Crippen LogP contribution in [0.2, 0.25) is 0 Å². The highest BCUT2D eigenvalue weighted by Crippen LogP contribution is 2.45. The summed E-state index contributed by atoms with van der Waals surface area (Å²) in [6.07, 6.45) is 47.3. The Bertz CT molecular complexity index is 1840. The lowest BCUT2D eigenvalue weighted by Crippen LogP contribution is -2.30. The molecule has 552 valence electrons. The fourth-order valence-corrected chi connectivity index (χ4v) is 12.7. The van der Waals surface area contributed by atoms with Gasteiger partial charge in [-0.3, -0.25) is 37.3 Å². The summed E-state index contributed by atoms with van der Waals surface area (Å²) in [7, 11) is -9.91. The quantitative estimate of drug-likeness (QED) is 0.0222. The molecule has 0 aromatic carbocycles. The van der Waals surface area contributed by atoms with Crippen molar-refractivity contribution in [1.82, 2.24) is 0 Å². The van der Waals surface area contributed by atoms with Gasteiger partial charge in [0.2, 0.25) is 0 Å². The van der Waals surface area contributed by atoms with Gasteiger partial charge in [0.05, 0.1) is 26.4 Å². The van der Waals surface area contributed by atoms with Gasteiger partial charge in [-0.1, -0.05) is 319 Å². The lowest BCUT2D eigenvalue weighted by Gasteiger charge is -2.21. The maximum Gasteiger partial charge on any atom is 0.472 e. The number of unbranched alkanes of at least 4 members (excludes halogenated alkanes) is 35. The third kappa shape index (κ3) is 65.8. The van der Waals surface area contributed by atoms with Gasteiger partial charge in [-0.15, -0.1) is 0 Å². The molecule has 0 saturated carbocycles. The topological polar surface area (TPSA) is 237 Å². The van der Waals surface area contributed by atoms with E-state index in [4.69, 9.17) is 37.0 Å². The Morgan fingerprint density at radius 2 is 0.516 bits per heavy atom. The normalized spacial score (nSPS) is 14.8. The van der Waals surface area contributed by atoms with E-state index in [0.717, 1.165) is 120 Å². The van der Waals surface area contributed by atoms with Gasteiger partial charge >= 0.3 is 39.5 Å². The van der Waals surface area contributed by atoms with E-state index in [1.54, 1.807) is 0 Å². The van der Waals surface area contributed by atoms with Crippen LogP contribution in [-0.4, -0.2) is 96.7 Å². The second kappa shape index (κ2) is 63.5. The van der Waals surface area contributed by atoms with Crippen molar-refractivity contribution < 1.29 is 80.2 Å². The van der Waals surface area contributed by atoms with Crippen LogP contribution >= 0.6 is 15.6 Å². The van der Waals surface area contributed by atoms with Gasteiger partial charge in [-0.25, -0.2) is 9.13 Å². The number of phosphoric acid groups is 2. The Labute approximate surface area is 568 Å². The number of carbonyl (C=O) groups excluding carboxylic acids is 4. The fourth-order valence-electron chi connectivity index (χ4n) is 11.1. The lowest BCUT2D eigenvalue weighted by molar-refractivity contribution is -0.161. The highest BCUT2D eigenvalue weighted by atomic mass is 31.2. The van der Waals surface area contributed by atoms with Crippen molar-refractivity contribution in [2.45, 2.75) is 388 Å². The SMILES string of the molecule is CCC(C)CCCCCCCCCCCCC(=O)O[C@H](COC(=O)CCCCCCCCCC(C)C)COP(=O)(O)OC[C@@H](O)COP(=O)(O)OC[C@@H](COC(=O)CCCCCCCCC(C)CC)OC(=O)CCCCCCCCCCCCCCCCCCC(C)C. The molecule has 0 aliphatic rings. The van der Waals surface area contributed by atoms with Crippen LogP contribution in [0.15, 0.2) is 0 Å². The van der Waals surface area contributed by atoms with Crippen LogP contribution in [0.3, 0.4) is 0 Å². The number of carbonyl (C=O) groups is 4. The second-order valence-electron chi connectivity index (χ2n) is 28.1. The second-order valence-corrected chi connectivity index (χ2v) is 31.0. The van der Waals surface area contributed by atoms with E-state index in [1.807, 2.05) is 0 Å². The molecular formula is C74H144O17P2. The number of aliphatic hydroxyl groups is 1. The summed E-state index contributed by atoms with van der Waals surface area (Å²) in [4.78, 5) is 72.7. The Balaban J connectivity index is 5.22. The zero-order valence-electron chi connectivity index (χ0n) is 60.9. The molecule has 0 spiro atoms. The Morgan fingerprint density at radius 1 is 0.301 bits per heavy atom. The molecule has 0 fully saturated rings. The van der Waals surface area contributed by atoms with Crippen LogP contribution in [0.5, 0.6) is 0 Å². The summed E-state index contributed by atoms with van der Waals surface area (Å²) in [6, 6.07) is 0. The predicted molar refractivity (Wildman–Crippen MR) is 377 cm³/mol. The van der Waals surface area contributed by atoms with E-state index in [-0.39, 0.29) is 25.7 Å². The molecule has 0 aliphatic carbocycles. The van der Waals surface area contributed by atoms with Gasteiger partial charge in [-0.2, -0.15) is 0 Å². The summed E-state index contributed by atoms with van der Waals surface area (Å²) < 4.78 is 68.4. The van der Waals surface area contributed by atoms with Crippen LogP contribution in [-0.2, 0) is 65.4 Å². The summed E-state index contributed by atoms with van der Waals surface area (Å²) in [5, 5.41) is 10.6.